The molecule has 15 heavy (non-hydrogen) atoms. The van der Waals surface area contributed by atoms with Crippen molar-refractivity contribution in [3.05, 3.63) is 35.4 Å². The lowest BCUT2D eigenvalue weighted by molar-refractivity contribution is 0.686. The van der Waals surface area contributed by atoms with Gasteiger partial charge in [0.2, 0.25) is 0 Å². The molecule has 0 N–H and O–H groups in total. The highest BCUT2D eigenvalue weighted by atomic mass is 32.2. The van der Waals surface area contributed by atoms with Crippen molar-refractivity contribution in [2.45, 2.75) is 4.90 Å². The van der Waals surface area contributed by atoms with Gasteiger partial charge >= 0.3 is 0 Å². The van der Waals surface area contributed by atoms with Gasteiger partial charge in [-0.05, 0) is 11.6 Å². The fraction of sp³-hybridized carbons (Fsp3) is 0.0909. The quantitative estimate of drug-likeness (QED) is 0.616. The first kappa shape index (κ1) is 9.64. The third kappa shape index (κ3) is 1.45. The Kier molecular flexibility index (Phi) is 2.37. The van der Waals surface area contributed by atoms with Gasteiger partial charge in [0.1, 0.15) is 17.7 Å². The Balaban J connectivity index is 2.71. The van der Waals surface area contributed by atoms with E-state index in [0.717, 1.165) is 10.5 Å². The number of fused-ring (bicyclic) bond motifs is 1. The summed E-state index contributed by atoms with van der Waals surface area (Å²) >= 11 is 0. The van der Waals surface area contributed by atoms with Crippen LogP contribution in [0.15, 0.2) is 34.7 Å². The average molecular weight is 214 g/mol. The highest BCUT2D eigenvalue weighted by molar-refractivity contribution is 7.86. The molecular weight excluding hydrogens is 208 g/mol. The van der Waals surface area contributed by atoms with Crippen LogP contribution in [-0.4, -0.2) is 9.96 Å². The van der Waals surface area contributed by atoms with Crippen molar-refractivity contribution in [1.29, 1.82) is 10.5 Å². The van der Waals surface area contributed by atoms with E-state index in [1.54, 1.807) is 18.2 Å². The molecule has 0 amide bonds. The van der Waals surface area contributed by atoms with Crippen LogP contribution in [-0.2, 0) is 10.8 Å². The maximum Gasteiger partial charge on any atom is 0.134 e. The molecule has 1 aliphatic heterocycles. The molecule has 0 bridgehead atoms. The number of rotatable bonds is 0. The minimum absolute atomic E-state index is 0.0632. The van der Waals surface area contributed by atoms with Gasteiger partial charge in [-0.25, -0.2) is 0 Å². The Morgan fingerprint density at radius 1 is 1.27 bits per heavy atom. The van der Waals surface area contributed by atoms with Gasteiger partial charge in [-0.3, -0.25) is 4.21 Å². The number of nitrogens with zero attached hydrogens (tertiary/aromatic N) is 2. The summed E-state index contributed by atoms with van der Waals surface area (Å²) in [5.74, 6) is 0.274. The minimum atomic E-state index is -1.11. The van der Waals surface area contributed by atoms with Gasteiger partial charge in [0, 0.05) is 10.5 Å². The number of hydrogen-bond donors (Lipinski definition) is 0. The molecule has 1 atom stereocenters. The molecule has 1 heterocycles. The van der Waals surface area contributed by atoms with E-state index in [4.69, 9.17) is 10.5 Å². The zero-order valence-electron chi connectivity index (χ0n) is 7.73. The number of hydrogen-bond acceptors (Lipinski definition) is 3. The summed E-state index contributed by atoms with van der Waals surface area (Å²) in [5.41, 5.74) is 1.44. The van der Waals surface area contributed by atoms with Crippen LogP contribution < -0.4 is 0 Å². The second-order valence-electron chi connectivity index (χ2n) is 3.06. The molecule has 0 aliphatic carbocycles. The minimum Gasteiger partial charge on any atom is -0.254 e. The monoisotopic (exact) mass is 214 g/mol. The van der Waals surface area contributed by atoms with Crippen molar-refractivity contribution < 1.29 is 4.21 Å². The zero-order valence-corrected chi connectivity index (χ0v) is 8.54. The molecule has 0 aromatic heterocycles. The summed E-state index contributed by atoms with van der Waals surface area (Å²) in [4.78, 5) is 0.718. The van der Waals surface area contributed by atoms with Crippen LogP contribution in [0.1, 0.15) is 5.56 Å². The number of nitriles is 2. The molecular formula is C11H6N2OS. The van der Waals surface area contributed by atoms with E-state index in [1.165, 1.54) is 0 Å². The Morgan fingerprint density at radius 2 is 1.93 bits per heavy atom. The Morgan fingerprint density at radius 3 is 2.60 bits per heavy atom. The van der Waals surface area contributed by atoms with Crippen molar-refractivity contribution in [1.82, 2.24) is 0 Å². The lowest BCUT2D eigenvalue weighted by Gasteiger charge is -1.96. The predicted octanol–water partition coefficient (Wildman–Crippen LogP) is 1.61. The molecule has 1 aliphatic rings. The standard InChI is InChI=1S/C11H6N2OS/c12-5-8(6-13)10-7-15(14)11-4-2-1-3-9(10)11/h1-4H,7H2. The maximum absolute atomic E-state index is 11.7. The molecule has 1 aromatic carbocycles. The summed E-state index contributed by atoms with van der Waals surface area (Å²) in [5, 5.41) is 17.5. The van der Waals surface area contributed by atoms with Crippen LogP contribution in [0.25, 0.3) is 5.57 Å². The second-order valence-corrected chi connectivity index (χ2v) is 4.48. The zero-order chi connectivity index (χ0) is 10.8. The molecule has 2 rings (SSSR count). The van der Waals surface area contributed by atoms with Gasteiger partial charge in [0.05, 0.1) is 16.6 Å². The molecule has 0 spiro atoms. The Labute approximate surface area is 89.7 Å². The highest BCUT2D eigenvalue weighted by Gasteiger charge is 2.25. The first-order valence-corrected chi connectivity index (χ1v) is 5.61. The van der Waals surface area contributed by atoms with Crippen LogP contribution in [0.2, 0.25) is 0 Å². The number of benzene rings is 1. The van der Waals surface area contributed by atoms with Gasteiger partial charge in [-0.1, -0.05) is 18.2 Å². The Hall–Kier alpha value is -1.91. The van der Waals surface area contributed by atoms with E-state index < -0.39 is 10.8 Å². The van der Waals surface area contributed by atoms with Crippen LogP contribution >= 0.6 is 0 Å². The van der Waals surface area contributed by atoms with Crippen molar-refractivity contribution in [2.24, 2.45) is 0 Å². The van der Waals surface area contributed by atoms with Crippen LogP contribution in [0.3, 0.4) is 0 Å². The van der Waals surface area contributed by atoms with Crippen LogP contribution in [0.5, 0.6) is 0 Å². The largest absolute Gasteiger partial charge is 0.254 e. The lowest BCUT2D eigenvalue weighted by Crippen LogP contribution is -1.89. The third-order valence-corrected chi connectivity index (χ3v) is 3.66. The van der Waals surface area contributed by atoms with Gasteiger partial charge in [-0.15, -0.1) is 0 Å². The third-order valence-electron chi connectivity index (χ3n) is 2.26. The summed E-state index contributed by atoms with van der Waals surface area (Å²) in [6.07, 6.45) is 0. The van der Waals surface area contributed by atoms with Crippen LogP contribution in [0, 0.1) is 22.7 Å². The molecule has 4 heteroatoms. The second kappa shape index (κ2) is 3.68. The van der Waals surface area contributed by atoms with Crippen molar-refractivity contribution in [3.8, 4) is 12.1 Å². The van der Waals surface area contributed by atoms with Gasteiger partial charge in [0.25, 0.3) is 0 Å². The molecule has 0 saturated carbocycles. The summed E-state index contributed by atoms with van der Waals surface area (Å²) in [7, 11) is -1.11. The highest BCUT2D eigenvalue weighted by Crippen LogP contribution is 2.33. The van der Waals surface area contributed by atoms with E-state index in [1.807, 2.05) is 18.2 Å². The fourth-order valence-electron chi connectivity index (χ4n) is 1.57. The first-order chi connectivity index (χ1) is 7.27. The predicted molar refractivity (Wildman–Crippen MR) is 55.9 cm³/mol. The topological polar surface area (TPSA) is 64.7 Å². The molecule has 0 saturated heterocycles. The van der Waals surface area contributed by atoms with Gasteiger partial charge in [0.15, 0.2) is 0 Å². The maximum atomic E-state index is 11.7. The molecule has 1 unspecified atom stereocenters. The molecule has 3 nitrogen and oxygen atoms in total. The van der Waals surface area contributed by atoms with Crippen LogP contribution in [0.4, 0.5) is 0 Å². The smallest absolute Gasteiger partial charge is 0.134 e. The van der Waals surface area contributed by atoms with E-state index in [0.29, 0.717) is 5.57 Å². The fourth-order valence-corrected chi connectivity index (χ4v) is 2.95. The summed E-state index contributed by atoms with van der Waals surface area (Å²) in [6.45, 7) is 0. The van der Waals surface area contributed by atoms with Crippen molar-refractivity contribution in [2.75, 3.05) is 5.75 Å². The summed E-state index contributed by atoms with van der Waals surface area (Å²) in [6, 6.07) is 10.9. The molecule has 1 aromatic rings. The molecule has 0 radical (unpaired) electrons. The van der Waals surface area contributed by atoms with Gasteiger partial charge in [-0.2, -0.15) is 10.5 Å². The summed E-state index contributed by atoms with van der Waals surface area (Å²) < 4.78 is 11.7. The van der Waals surface area contributed by atoms with Gasteiger partial charge < -0.3 is 0 Å². The van der Waals surface area contributed by atoms with Crippen molar-refractivity contribution in [3.63, 3.8) is 0 Å². The van der Waals surface area contributed by atoms with Crippen molar-refractivity contribution >= 4 is 16.4 Å². The Bertz CT molecular complexity index is 545. The lowest BCUT2D eigenvalue weighted by atomic mass is 10.0. The average Bonchev–Trinajstić information content (AvgIpc) is 2.60. The van der Waals surface area contributed by atoms with E-state index in [-0.39, 0.29) is 11.3 Å². The SMILES string of the molecule is N#CC(C#N)=C1CS(=O)c2ccccc21. The van der Waals surface area contributed by atoms with E-state index in [2.05, 4.69) is 0 Å². The number of allylic oxidation sites excluding steroid dienone is 1. The first-order valence-electron chi connectivity index (χ1n) is 4.29. The van der Waals surface area contributed by atoms with E-state index >= 15 is 0 Å². The molecule has 0 fully saturated rings. The normalized spacial score (nSPS) is 17.7. The molecule has 72 valence electrons. The van der Waals surface area contributed by atoms with E-state index in [9.17, 15) is 4.21 Å².